The van der Waals surface area contributed by atoms with E-state index in [0.717, 1.165) is 31.8 Å². The Morgan fingerprint density at radius 1 is 1.47 bits per heavy atom. The Morgan fingerprint density at radius 2 is 2.26 bits per heavy atom. The van der Waals surface area contributed by atoms with Crippen molar-refractivity contribution < 1.29 is 14.3 Å². The molecule has 1 aliphatic heterocycles. The van der Waals surface area contributed by atoms with Gasteiger partial charge in [-0.1, -0.05) is 6.07 Å². The second-order valence-corrected chi connectivity index (χ2v) is 4.79. The molecule has 1 aromatic carbocycles. The van der Waals surface area contributed by atoms with Gasteiger partial charge in [0.15, 0.2) is 0 Å². The van der Waals surface area contributed by atoms with Crippen LogP contribution >= 0.6 is 0 Å². The number of benzene rings is 1. The first kappa shape index (κ1) is 13.7. The van der Waals surface area contributed by atoms with Gasteiger partial charge in [-0.3, -0.25) is 0 Å². The molecule has 0 amide bonds. The van der Waals surface area contributed by atoms with Crippen LogP contribution < -0.4 is 10.6 Å². The lowest BCUT2D eigenvalue weighted by Gasteiger charge is -2.21. The number of anilines is 2. The minimum Gasteiger partial charge on any atom is -0.465 e. The molecule has 1 aliphatic rings. The summed E-state index contributed by atoms with van der Waals surface area (Å²) in [6.07, 6.45) is 1.08. The fourth-order valence-corrected chi connectivity index (χ4v) is 2.54. The van der Waals surface area contributed by atoms with E-state index in [0.29, 0.717) is 17.2 Å². The molecule has 1 unspecified atom stereocenters. The van der Waals surface area contributed by atoms with Gasteiger partial charge in [0.1, 0.15) is 0 Å². The molecule has 1 fully saturated rings. The SMILES string of the molecule is COCC1CCN(c2cccc(C(=O)OC)c2N)C1. The fraction of sp³-hybridized carbons (Fsp3) is 0.500. The summed E-state index contributed by atoms with van der Waals surface area (Å²) in [6, 6.07) is 5.46. The molecule has 104 valence electrons. The number of esters is 1. The smallest absolute Gasteiger partial charge is 0.340 e. The molecular weight excluding hydrogens is 244 g/mol. The van der Waals surface area contributed by atoms with Crippen molar-refractivity contribution in [3.05, 3.63) is 23.8 Å². The Kier molecular flexibility index (Phi) is 4.27. The molecular formula is C14H20N2O3. The molecule has 2 N–H and O–H groups in total. The minimum absolute atomic E-state index is 0.396. The Labute approximate surface area is 113 Å². The van der Waals surface area contributed by atoms with E-state index in [1.165, 1.54) is 7.11 Å². The van der Waals surface area contributed by atoms with Crippen molar-refractivity contribution in [1.82, 2.24) is 0 Å². The van der Waals surface area contributed by atoms with Crippen LogP contribution in [0.1, 0.15) is 16.8 Å². The van der Waals surface area contributed by atoms with Gasteiger partial charge >= 0.3 is 5.97 Å². The molecule has 5 heteroatoms. The van der Waals surface area contributed by atoms with Crippen molar-refractivity contribution in [2.24, 2.45) is 5.92 Å². The summed E-state index contributed by atoms with van der Waals surface area (Å²) < 4.78 is 9.92. The summed E-state index contributed by atoms with van der Waals surface area (Å²) in [4.78, 5) is 13.8. The normalized spacial score (nSPS) is 18.6. The molecule has 1 atom stereocenters. The van der Waals surface area contributed by atoms with Crippen LogP contribution in [0.25, 0.3) is 0 Å². The van der Waals surface area contributed by atoms with Gasteiger partial charge in [0.25, 0.3) is 0 Å². The summed E-state index contributed by atoms with van der Waals surface area (Å²) in [5.41, 5.74) is 7.91. The Morgan fingerprint density at radius 3 is 2.95 bits per heavy atom. The van der Waals surface area contributed by atoms with Crippen molar-refractivity contribution in [1.29, 1.82) is 0 Å². The predicted octanol–water partition coefficient (Wildman–Crippen LogP) is 1.53. The molecule has 0 aliphatic carbocycles. The Hall–Kier alpha value is -1.75. The first-order valence-corrected chi connectivity index (χ1v) is 6.38. The first-order chi connectivity index (χ1) is 9.17. The standard InChI is InChI=1S/C14H20N2O3/c1-18-9-10-6-7-16(8-10)12-5-3-4-11(13(12)15)14(17)19-2/h3-5,10H,6-9,15H2,1-2H3. The van der Waals surface area contributed by atoms with E-state index in [-0.39, 0.29) is 0 Å². The molecule has 1 aromatic rings. The van der Waals surface area contributed by atoms with Gasteiger partial charge < -0.3 is 20.1 Å². The number of hydrogen-bond acceptors (Lipinski definition) is 5. The number of methoxy groups -OCH3 is 2. The molecule has 0 radical (unpaired) electrons. The van der Waals surface area contributed by atoms with E-state index in [9.17, 15) is 4.79 Å². The van der Waals surface area contributed by atoms with E-state index >= 15 is 0 Å². The van der Waals surface area contributed by atoms with Crippen LogP contribution in [0.15, 0.2) is 18.2 Å². The van der Waals surface area contributed by atoms with Crippen molar-refractivity contribution >= 4 is 17.3 Å². The maximum atomic E-state index is 11.6. The summed E-state index contributed by atoms with van der Waals surface area (Å²) >= 11 is 0. The van der Waals surface area contributed by atoms with Crippen LogP contribution in [0.4, 0.5) is 11.4 Å². The lowest BCUT2D eigenvalue weighted by atomic mass is 10.1. The fourth-order valence-electron chi connectivity index (χ4n) is 2.54. The molecule has 19 heavy (non-hydrogen) atoms. The zero-order valence-corrected chi connectivity index (χ0v) is 11.4. The zero-order valence-electron chi connectivity index (χ0n) is 11.4. The van der Waals surface area contributed by atoms with Crippen LogP contribution in [0.3, 0.4) is 0 Å². The summed E-state index contributed by atoms with van der Waals surface area (Å²) in [7, 11) is 3.08. The van der Waals surface area contributed by atoms with Gasteiger partial charge in [0, 0.05) is 26.1 Å². The van der Waals surface area contributed by atoms with E-state index in [4.69, 9.17) is 15.2 Å². The lowest BCUT2D eigenvalue weighted by molar-refractivity contribution is 0.0602. The van der Waals surface area contributed by atoms with Crippen LogP contribution in [0.5, 0.6) is 0 Å². The minimum atomic E-state index is -0.396. The summed E-state index contributed by atoms with van der Waals surface area (Å²) in [6.45, 7) is 2.60. The highest BCUT2D eigenvalue weighted by Gasteiger charge is 2.25. The second-order valence-electron chi connectivity index (χ2n) is 4.79. The quantitative estimate of drug-likeness (QED) is 0.660. The number of nitrogens with two attached hydrogens (primary N) is 1. The number of nitrogen functional groups attached to an aromatic ring is 1. The van der Waals surface area contributed by atoms with Crippen LogP contribution in [-0.4, -0.2) is 39.9 Å². The number of para-hydroxylation sites is 1. The molecule has 0 bridgehead atoms. The largest absolute Gasteiger partial charge is 0.465 e. The van der Waals surface area contributed by atoms with Crippen molar-refractivity contribution in [3.8, 4) is 0 Å². The topological polar surface area (TPSA) is 64.8 Å². The zero-order chi connectivity index (χ0) is 13.8. The lowest BCUT2D eigenvalue weighted by Crippen LogP contribution is -2.23. The highest BCUT2D eigenvalue weighted by atomic mass is 16.5. The highest BCUT2D eigenvalue weighted by molar-refractivity contribution is 5.98. The first-order valence-electron chi connectivity index (χ1n) is 6.38. The van der Waals surface area contributed by atoms with Gasteiger partial charge in [-0.2, -0.15) is 0 Å². The third-order valence-corrected chi connectivity index (χ3v) is 3.52. The maximum absolute atomic E-state index is 11.6. The number of carbonyl (C=O) groups is 1. The van der Waals surface area contributed by atoms with E-state index in [1.54, 1.807) is 13.2 Å². The molecule has 0 saturated carbocycles. The number of ether oxygens (including phenoxy) is 2. The summed E-state index contributed by atoms with van der Waals surface area (Å²) in [5.74, 6) is 0.123. The number of rotatable bonds is 4. The molecule has 5 nitrogen and oxygen atoms in total. The van der Waals surface area contributed by atoms with Gasteiger partial charge in [-0.05, 0) is 18.6 Å². The Bertz CT molecular complexity index is 462. The van der Waals surface area contributed by atoms with E-state index in [2.05, 4.69) is 4.90 Å². The average molecular weight is 264 g/mol. The van der Waals surface area contributed by atoms with Crippen LogP contribution in [0, 0.1) is 5.92 Å². The summed E-state index contributed by atoms with van der Waals surface area (Å²) in [5, 5.41) is 0. The molecule has 0 aromatic heterocycles. The third-order valence-electron chi connectivity index (χ3n) is 3.52. The average Bonchev–Trinajstić information content (AvgIpc) is 2.87. The molecule has 0 spiro atoms. The van der Waals surface area contributed by atoms with Gasteiger partial charge in [0.05, 0.1) is 30.7 Å². The maximum Gasteiger partial charge on any atom is 0.340 e. The van der Waals surface area contributed by atoms with Gasteiger partial charge in [-0.25, -0.2) is 4.79 Å². The number of carbonyl (C=O) groups excluding carboxylic acids is 1. The Balaban J connectivity index is 2.19. The molecule has 1 heterocycles. The van der Waals surface area contributed by atoms with E-state index < -0.39 is 5.97 Å². The van der Waals surface area contributed by atoms with Crippen LogP contribution in [-0.2, 0) is 9.47 Å². The van der Waals surface area contributed by atoms with Crippen molar-refractivity contribution in [2.45, 2.75) is 6.42 Å². The van der Waals surface area contributed by atoms with Crippen molar-refractivity contribution in [3.63, 3.8) is 0 Å². The number of hydrogen-bond donors (Lipinski definition) is 1. The second kappa shape index (κ2) is 5.93. The van der Waals surface area contributed by atoms with Gasteiger partial charge in [-0.15, -0.1) is 0 Å². The number of nitrogens with zero attached hydrogens (tertiary/aromatic N) is 1. The predicted molar refractivity (Wildman–Crippen MR) is 74.4 cm³/mol. The van der Waals surface area contributed by atoms with Crippen molar-refractivity contribution in [2.75, 3.05) is 44.5 Å². The third kappa shape index (κ3) is 2.81. The molecule has 2 rings (SSSR count). The van der Waals surface area contributed by atoms with Gasteiger partial charge in [0.2, 0.25) is 0 Å². The highest BCUT2D eigenvalue weighted by Crippen LogP contribution is 2.31. The molecule has 1 saturated heterocycles. The van der Waals surface area contributed by atoms with E-state index in [1.807, 2.05) is 12.1 Å². The monoisotopic (exact) mass is 264 g/mol. The van der Waals surface area contributed by atoms with Crippen LogP contribution in [0.2, 0.25) is 0 Å².